The monoisotopic (exact) mass is 331 g/mol. The second-order valence-electron chi connectivity index (χ2n) is 7.14. The number of carbonyl (C=O) groups is 1. The van der Waals surface area contributed by atoms with Gasteiger partial charge in [-0.1, -0.05) is 30.3 Å². The Morgan fingerprint density at radius 2 is 1.88 bits per heavy atom. The van der Waals surface area contributed by atoms with Crippen LogP contribution in [0.25, 0.3) is 0 Å². The quantitative estimate of drug-likeness (QED) is 0.880. The van der Waals surface area contributed by atoms with Crippen molar-refractivity contribution in [3.05, 3.63) is 35.9 Å². The summed E-state index contributed by atoms with van der Waals surface area (Å²) >= 11 is 0. The number of carbonyl (C=O) groups excluding carboxylic acids is 1. The Labute approximate surface area is 144 Å². The largest absolute Gasteiger partial charge is 0.391 e. The van der Waals surface area contributed by atoms with E-state index < -0.39 is 0 Å². The summed E-state index contributed by atoms with van der Waals surface area (Å²) in [6, 6.07) is 10.6. The maximum absolute atomic E-state index is 12.5. The molecule has 1 aliphatic heterocycles. The van der Waals surface area contributed by atoms with Crippen molar-refractivity contribution in [2.24, 2.45) is 0 Å². The molecule has 2 atom stereocenters. The molecule has 1 N–H and O–H groups in total. The van der Waals surface area contributed by atoms with Crippen LogP contribution in [-0.4, -0.2) is 77.6 Å². The van der Waals surface area contributed by atoms with E-state index in [9.17, 15) is 9.90 Å². The average molecular weight is 331 g/mol. The summed E-state index contributed by atoms with van der Waals surface area (Å²) in [5.74, 6) is 0.208. The van der Waals surface area contributed by atoms with E-state index in [0.717, 1.165) is 52.0 Å². The van der Waals surface area contributed by atoms with E-state index in [1.807, 2.05) is 30.1 Å². The summed E-state index contributed by atoms with van der Waals surface area (Å²) in [6.45, 7) is 4.58. The molecular weight excluding hydrogens is 302 g/mol. The fourth-order valence-corrected chi connectivity index (χ4v) is 3.93. The van der Waals surface area contributed by atoms with Crippen LogP contribution < -0.4 is 0 Å². The van der Waals surface area contributed by atoms with Crippen molar-refractivity contribution in [3.63, 3.8) is 0 Å². The molecule has 2 aliphatic rings. The van der Waals surface area contributed by atoms with E-state index in [1.165, 1.54) is 5.56 Å². The fraction of sp³-hybridized carbons (Fsp3) is 0.632. The van der Waals surface area contributed by atoms with Gasteiger partial charge in [-0.05, 0) is 31.9 Å². The molecule has 0 bridgehead atoms. The van der Waals surface area contributed by atoms with Crippen molar-refractivity contribution in [3.8, 4) is 0 Å². The summed E-state index contributed by atoms with van der Waals surface area (Å²) in [7, 11) is 2.00. The lowest BCUT2D eigenvalue weighted by Gasteiger charge is -2.39. The minimum atomic E-state index is -0.177. The molecule has 24 heavy (non-hydrogen) atoms. The van der Waals surface area contributed by atoms with Gasteiger partial charge in [-0.2, -0.15) is 0 Å². The maximum Gasteiger partial charge on any atom is 0.236 e. The second-order valence-corrected chi connectivity index (χ2v) is 7.14. The van der Waals surface area contributed by atoms with Crippen molar-refractivity contribution >= 4 is 5.91 Å². The molecular formula is C19H29N3O2. The number of aliphatic hydroxyl groups excluding tert-OH is 1. The lowest BCUT2D eigenvalue weighted by molar-refractivity contribution is -0.134. The number of aliphatic hydroxyl groups is 1. The molecule has 1 saturated heterocycles. The Hall–Kier alpha value is -1.43. The molecule has 1 amide bonds. The van der Waals surface area contributed by atoms with E-state index in [1.54, 1.807) is 0 Å². The highest BCUT2D eigenvalue weighted by Gasteiger charge is 2.33. The first-order chi connectivity index (χ1) is 11.6. The molecule has 1 aliphatic carbocycles. The summed E-state index contributed by atoms with van der Waals surface area (Å²) in [5.41, 5.74) is 1.23. The van der Waals surface area contributed by atoms with Gasteiger partial charge in [-0.25, -0.2) is 0 Å². The molecule has 2 fully saturated rings. The van der Waals surface area contributed by atoms with Crippen molar-refractivity contribution in [1.82, 2.24) is 14.7 Å². The third kappa shape index (κ3) is 4.35. The first kappa shape index (κ1) is 17.4. The molecule has 1 aromatic rings. The molecule has 5 nitrogen and oxygen atoms in total. The summed E-state index contributed by atoms with van der Waals surface area (Å²) in [6.07, 6.45) is 2.96. The molecule has 0 spiro atoms. The molecule has 0 unspecified atom stereocenters. The molecule has 132 valence electrons. The van der Waals surface area contributed by atoms with Crippen molar-refractivity contribution in [2.45, 2.75) is 38.0 Å². The predicted molar refractivity (Wildman–Crippen MR) is 94.6 cm³/mol. The first-order valence-corrected chi connectivity index (χ1v) is 9.06. The smallest absolute Gasteiger partial charge is 0.236 e. The standard InChI is InChI=1S/C19H29N3O2/c1-20(14-16-6-3-2-4-7-16)15-19(24)22-12-10-21(11-13-22)17-8-5-9-18(17)23/h2-4,6-7,17-18,23H,5,8-15H2,1H3/t17-,18-/m1/s1. The van der Waals surface area contributed by atoms with Gasteiger partial charge < -0.3 is 10.0 Å². The van der Waals surface area contributed by atoms with Gasteiger partial charge in [0.05, 0.1) is 12.6 Å². The van der Waals surface area contributed by atoms with Crippen LogP contribution in [0.5, 0.6) is 0 Å². The molecule has 5 heteroatoms. The highest BCUT2D eigenvalue weighted by Crippen LogP contribution is 2.25. The molecule has 1 saturated carbocycles. The number of hydrogen-bond donors (Lipinski definition) is 1. The van der Waals surface area contributed by atoms with Gasteiger partial charge in [0, 0.05) is 38.8 Å². The Kier molecular flexibility index (Phi) is 5.87. The lowest BCUT2D eigenvalue weighted by atomic mass is 10.1. The highest BCUT2D eigenvalue weighted by atomic mass is 16.3. The van der Waals surface area contributed by atoms with E-state index in [0.29, 0.717) is 12.6 Å². The zero-order valence-corrected chi connectivity index (χ0v) is 14.6. The normalized spacial score (nSPS) is 25.4. The Balaban J connectivity index is 1.43. The van der Waals surface area contributed by atoms with Gasteiger partial charge in [0.1, 0.15) is 0 Å². The van der Waals surface area contributed by atoms with Crippen LogP contribution in [0.2, 0.25) is 0 Å². The van der Waals surface area contributed by atoms with Gasteiger partial charge >= 0.3 is 0 Å². The van der Waals surface area contributed by atoms with E-state index >= 15 is 0 Å². The lowest BCUT2D eigenvalue weighted by Crippen LogP contribution is -2.54. The van der Waals surface area contributed by atoms with Crippen molar-refractivity contribution < 1.29 is 9.90 Å². The number of amides is 1. The molecule has 0 aromatic heterocycles. The number of rotatable bonds is 5. The highest BCUT2D eigenvalue weighted by molar-refractivity contribution is 5.78. The predicted octanol–water partition coefficient (Wildman–Crippen LogP) is 1.18. The topological polar surface area (TPSA) is 47.0 Å². The molecule has 1 aromatic carbocycles. The first-order valence-electron chi connectivity index (χ1n) is 9.06. The zero-order chi connectivity index (χ0) is 16.9. The molecule has 1 heterocycles. The van der Waals surface area contributed by atoms with Crippen LogP contribution in [0.4, 0.5) is 0 Å². The molecule has 0 radical (unpaired) electrons. The minimum Gasteiger partial charge on any atom is -0.391 e. The van der Waals surface area contributed by atoms with E-state index in [4.69, 9.17) is 0 Å². The van der Waals surface area contributed by atoms with E-state index in [2.05, 4.69) is 21.9 Å². The van der Waals surface area contributed by atoms with E-state index in [-0.39, 0.29) is 12.0 Å². The number of hydrogen-bond acceptors (Lipinski definition) is 4. The number of likely N-dealkylation sites (N-methyl/N-ethyl adjacent to an activating group) is 1. The fourth-order valence-electron chi connectivity index (χ4n) is 3.93. The van der Waals surface area contributed by atoms with Crippen LogP contribution in [0.15, 0.2) is 30.3 Å². The third-order valence-electron chi connectivity index (χ3n) is 5.28. The van der Waals surface area contributed by atoms with Gasteiger partial charge in [0.15, 0.2) is 0 Å². The van der Waals surface area contributed by atoms with Gasteiger partial charge in [0.25, 0.3) is 0 Å². The molecule has 3 rings (SSSR count). The van der Waals surface area contributed by atoms with Crippen LogP contribution in [0.1, 0.15) is 24.8 Å². The van der Waals surface area contributed by atoms with Crippen molar-refractivity contribution in [1.29, 1.82) is 0 Å². The van der Waals surface area contributed by atoms with Crippen molar-refractivity contribution in [2.75, 3.05) is 39.8 Å². The van der Waals surface area contributed by atoms with Crippen LogP contribution in [0.3, 0.4) is 0 Å². The summed E-state index contributed by atoms with van der Waals surface area (Å²) in [5, 5.41) is 10.0. The number of nitrogens with zero attached hydrogens (tertiary/aromatic N) is 3. The Morgan fingerprint density at radius 3 is 2.50 bits per heavy atom. The Bertz CT molecular complexity index is 529. The second kappa shape index (κ2) is 8.10. The maximum atomic E-state index is 12.5. The Morgan fingerprint density at radius 1 is 1.17 bits per heavy atom. The average Bonchev–Trinajstić information content (AvgIpc) is 3.02. The number of piperazine rings is 1. The van der Waals surface area contributed by atoms with Crippen LogP contribution in [0, 0.1) is 0 Å². The van der Waals surface area contributed by atoms with Gasteiger partial charge in [-0.15, -0.1) is 0 Å². The minimum absolute atomic E-state index is 0.177. The summed E-state index contributed by atoms with van der Waals surface area (Å²) in [4.78, 5) is 18.9. The van der Waals surface area contributed by atoms with Crippen LogP contribution in [-0.2, 0) is 11.3 Å². The number of benzene rings is 1. The van der Waals surface area contributed by atoms with Crippen LogP contribution >= 0.6 is 0 Å². The van der Waals surface area contributed by atoms with Gasteiger partial charge in [0.2, 0.25) is 5.91 Å². The third-order valence-corrected chi connectivity index (χ3v) is 5.28. The zero-order valence-electron chi connectivity index (χ0n) is 14.6. The summed E-state index contributed by atoms with van der Waals surface area (Å²) < 4.78 is 0. The van der Waals surface area contributed by atoms with Gasteiger partial charge in [-0.3, -0.25) is 14.6 Å². The SMILES string of the molecule is CN(CC(=O)N1CCN([C@@H]2CCC[C@H]2O)CC1)Cc1ccccc1.